The van der Waals surface area contributed by atoms with E-state index in [9.17, 15) is 10.2 Å². The maximum atomic E-state index is 10.6. The van der Waals surface area contributed by atoms with Crippen LogP contribution in [0.25, 0.3) is 0 Å². The Bertz CT molecular complexity index is 1000. The molecule has 0 bridgehead atoms. The molecular formula is C28H46O4Si3. The number of phenols is 2. The Balaban J connectivity index is 2.26. The second-order valence-electron chi connectivity index (χ2n) is 12.2. The van der Waals surface area contributed by atoms with Gasteiger partial charge in [0.05, 0.1) is 0 Å². The molecule has 0 aliphatic heterocycles. The highest BCUT2D eigenvalue weighted by Gasteiger charge is 2.39. The van der Waals surface area contributed by atoms with Gasteiger partial charge < -0.3 is 18.4 Å². The Morgan fingerprint density at radius 3 is 1.71 bits per heavy atom. The van der Waals surface area contributed by atoms with Crippen molar-refractivity contribution in [3.63, 3.8) is 0 Å². The van der Waals surface area contributed by atoms with E-state index in [0.29, 0.717) is 17.9 Å². The maximum Gasteiger partial charge on any atom is 0.314 e. The molecule has 35 heavy (non-hydrogen) atoms. The number of phenolic OH excluding ortho intramolecular Hbond substituents is 2. The van der Waals surface area contributed by atoms with Gasteiger partial charge in [0.25, 0.3) is 0 Å². The van der Waals surface area contributed by atoms with Gasteiger partial charge in [-0.05, 0) is 106 Å². The Labute approximate surface area is 216 Å². The summed E-state index contributed by atoms with van der Waals surface area (Å²) < 4.78 is 13.3. The van der Waals surface area contributed by atoms with E-state index in [1.165, 1.54) is 0 Å². The van der Waals surface area contributed by atoms with Crippen LogP contribution >= 0.6 is 0 Å². The summed E-state index contributed by atoms with van der Waals surface area (Å²) in [7, 11) is -5.77. The predicted molar refractivity (Wildman–Crippen MR) is 156 cm³/mol. The van der Waals surface area contributed by atoms with Gasteiger partial charge in [0.15, 0.2) is 16.6 Å². The predicted octanol–water partition coefficient (Wildman–Crippen LogP) is 7.86. The number of hydrogen-bond acceptors (Lipinski definition) is 4. The van der Waals surface area contributed by atoms with Gasteiger partial charge in [-0.2, -0.15) is 0 Å². The number of benzene rings is 2. The van der Waals surface area contributed by atoms with E-state index >= 15 is 0 Å². The van der Waals surface area contributed by atoms with Crippen LogP contribution < -0.4 is 0 Å². The summed E-state index contributed by atoms with van der Waals surface area (Å²) in [6.07, 6.45) is 4.12. The molecule has 194 valence electrons. The molecule has 0 saturated heterocycles. The number of hydrogen-bond donors (Lipinski definition) is 2. The van der Waals surface area contributed by atoms with Crippen LogP contribution in [0.3, 0.4) is 0 Å². The molecule has 0 radical (unpaired) electrons. The summed E-state index contributed by atoms with van der Waals surface area (Å²) >= 11 is 0. The number of rotatable bonds is 12. The standard InChI is InChI=1S/C28H46O4Si3/c1-11-13-22-20-24(15-17-26(22)29)28(2,3)25-16-18-27(30)23(21-25)14-12-19-35(10,31-33(4,5)6)32-34(7,8)9/h11,15-18,20-21,29-30H,1,12-14,19H2,2-10H3. The molecule has 0 amide bonds. The fourth-order valence-electron chi connectivity index (χ4n) is 4.65. The molecule has 4 nitrogen and oxygen atoms in total. The smallest absolute Gasteiger partial charge is 0.314 e. The number of allylic oxidation sites excluding steroid dienone is 1. The fraction of sp³-hybridized carbons (Fsp3) is 0.500. The largest absolute Gasteiger partial charge is 0.508 e. The van der Waals surface area contributed by atoms with Gasteiger partial charge in [-0.25, -0.2) is 0 Å². The highest BCUT2D eigenvalue weighted by Crippen LogP contribution is 2.36. The summed E-state index contributed by atoms with van der Waals surface area (Å²) in [5, 5.41) is 20.8. The molecule has 2 aromatic rings. The van der Waals surface area contributed by atoms with Crippen LogP contribution in [-0.2, 0) is 26.5 Å². The lowest BCUT2D eigenvalue weighted by molar-refractivity contribution is 0.381. The van der Waals surface area contributed by atoms with E-state index in [-0.39, 0.29) is 5.41 Å². The highest BCUT2D eigenvalue weighted by atomic mass is 28.5. The Morgan fingerprint density at radius 2 is 1.26 bits per heavy atom. The van der Waals surface area contributed by atoms with Crippen LogP contribution in [0.5, 0.6) is 11.5 Å². The number of aromatic hydroxyl groups is 2. The third-order valence-corrected chi connectivity index (χ3v) is 15.7. The molecule has 2 N–H and O–H groups in total. The van der Waals surface area contributed by atoms with Gasteiger partial charge in [0.1, 0.15) is 11.5 Å². The molecule has 7 heteroatoms. The molecular weight excluding hydrogens is 485 g/mol. The van der Waals surface area contributed by atoms with Crippen LogP contribution in [0.15, 0.2) is 49.1 Å². The quantitative estimate of drug-likeness (QED) is 0.217. The summed E-state index contributed by atoms with van der Waals surface area (Å²) in [5.41, 5.74) is 3.81. The zero-order valence-corrected chi connectivity index (χ0v) is 26.3. The molecule has 0 saturated carbocycles. The molecule has 0 unspecified atom stereocenters. The molecule has 2 aromatic carbocycles. The lowest BCUT2D eigenvalue weighted by Crippen LogP contribution is -2.52. The van der Waals surface area contributed by atoms with Gasteiger partial charge in [-0.15, -0.1) is 6.58 Å². The Hall–Kier alpha value is -1.65. The first kappa shape index (κ1) is 29.6. The molecule has 0 aliphatic rings. The van der Waals surface area contributed by atoms with E-state index in [4.69, 9.17) is 8.23 Å². The topological polar surface area (TPSA) is 58.9 Å². The minimum Gasteiger partial charge on any atom is -0.508 e. The zero-order valence-electron chi connectivity index (χ0n) is 23.3. The van der Waals surface area contributed by atoms with Crippen molar-refractivity contribution in [2.45, 2.75) is 90.4 Å². The van der Waals surface area contributed by atoms with Crippen molar-refractivity contribution in [1.29, 1.82) is 0 Å². The second kappa shape index (κ2) is 11.2. The number of aryl methyl sites for hydroxylation is 1. The normalized spacial score (nSPS) is 13.2. The van der Waals surface area contributed by atoms with Crippen LogP contribution in [0.2, 0.25) is 51.9 Å². The van der Waals surface area contributed by atoms with Crippen LogP contribution in [-0.4, -0.2) is 35.4 Å². The van der Waals surface area contributed by atoms with E-state index in [2.05, 4.69) is 78.4 Å². The van der Waals surface area contributed by atoms with Crippen molar-refractivity contribution in [2.75, 3.05) is 0 Å². The molecule has 0 atom stereocenters. The molecule has 0 fully saturated rings. The lowest BCUT2D eigenvalue weighted by atomic mass is 9.76. The zero-order chi connectivity index (χ0) is 26.7. The average molecular weight is 531 g/mol. The maximum absolute atomic E-state index is 10.6. The summed E-state index contributed by atoms with van der Waals surface area (Å²) in [6, 6.07) is 12.7. The Morgan fingerprint density at radius 1 is 0.800 bits per heavy atom. The van der Waals surface area contributed by atoms with Gasteiger partial charge in [-0.3, -0.25) is 0 Å². The van der Waals surface area contributed by atoms with Crippen molar-refractivity contribution in [3.8, 4) is 11.5 Å². The monoisotopic (exact) mass is 530 g/mol. The highest BCUT2D eigenvalue weighted by molar-refractivity contribution is 6.87. The van der Waals surface area contributed by atoms with Crippen LogP contribution in [0.1, 0.15) is 42.5 Å². The van der Waals surface area contributed by atoms with E-state index in [1.54, 1.807) is 12.1 Å². The Kier molecular flexibility index (Phi) is 9.44. The summed E-state index contributed by atoms with van der Waals surface area (Å²) in [6.45, 7) is 23.8. The third-order valence-electron chi connectivity index (χ3n) is 6.09. The van der Waals surface area contributed by atoms with E-state index < -0.39 is 25.2 Å². The second-order valence-corrected chi connectivity index (χ2v) is 25.1. The summed E-state index contributed by atoms with van der Waals surface area (Å²) in [5.74, 6) is 0.632. The molecule has 0 spiro atoms. The summed E-state index contributed by atoms with van der Waals surface area (Å²) in [4.78, 5) is 0. The third kappa shape index (κ3) is 8.75. The SMILES string of the molecule is C=CCc1cc(C(C)(C)c2ccc(O)c(CCC[Si](C)(O[Si](C)(C)C)O[Si](C)(C)C)c2)ccc1O. The first-order valence-corrected chi connectivity index (χ1v) is 22.0. The van der Waals surface area contributed by atoms with Gasteiger partial charge in [-0.1, -0.05) is 44.2 Å². The first-order valence-electron chi connectivity index (χ1n) is 12.6. The molecule has 0 aliphatic carbocycles. The van der Waals surface area contributed by atoms with Crippen molar-refractivity contribution < 1.29 is 18.4 Å². The van der Waals surface area contributed by atoms with Crippen molar-refractivity contribution in [3.05, 3.63) is 71.3 Å². The van der Waals surface area contributed by atoms with E-state index in [1.807, 2.05) is 18.2 Å². The van der Waals surface area contributed by atoms with Crippen molar-refractivity contribution in [1.82, 2.24) is 0 Å². The van der Waals surface area contributed by atoms with Crippen LogP contribution in [0.4, 0.5) is 0 Å². The molecule has 2 rings (SSSR count). The van der Waals surface area contributed by atoms with Gasteiger partial charge in [0, 0.05) is 5.41 Å². The molecule has 0 heterocycles. The van der Waals surface area contributed by atoms with Gasteiger partial charge in [0.2, 0.25) is 0 Å². The van der Waals surface area contributed by atoms with Crippen molar-refractivity contribution >= 4 is 25.2 Å². The first-order chi connectivity index (χ1) is 16.0. The van der Waals surface area contributed by atoms with Crippen molar-refractivity contribution in [2.24, 2.45) is 0 Å². The molecule has 0 aromatic heterocycles. The fourth-order valence-corrected chi connectivity index (χ4v) is 17.2. The van der Waals surface area contributed by atoms with E-state index in [0.717, 1.165) is 41.1 Å². The lowest BCUT2D eigenvalue weighted by Gasteiger charge is -2.38. The minimum atomic E-state index is -2.30. The van der Waals surface area contributed by atoms with Crippen LogP contribution in [0, 0.1) is 0 Å². The van der Waals surface area contributed by atoms with Gasteiger partial charge >= 0.3 is 8.56 Å². The average Bonchev–Trinajstić information content (AvgIpc) is 2.68. The minimum absolute atomic E-state index is 0.281.